The third kappa shape index (κ3) is 5.04. The zero-order valence-electron chi connectivity index (χ0n) is 11.2. The molecule has 108 valence electrons. The zero-order valence-corrected chi connectivity index (χ0v) is 13.6. The summed E-state index contributed by atoms with van der Waals surface area (Å²) in [7, 11) is 0. The average molecular weight is 351 g/mol. The lowest BCUT2D eigenvalue weighted by molar-refractivity contribution is -0.109. The first-order chi connectivity index (χ1) is 8.45. The van der Waals surface area contributed by atoms with E-state index in [4.69, 9.17) is 4.74 Å². The first-order valence-electron chi connectivity index (χ1n) is 6.27. The Bertz CT molecular complexity index is 383. The van der Waals surface area contributed by atoms with Crippen LogP contribution in [0.5, 0.6) is 0 Å². The first-order valence-corrected chi connectivity index (χ1v) is 7.06. The summed E-state index contributed by atoms with van der Waals surface area (Å²) in [6.07, 6.45) is 0.824. The molecule has 1 aromatic rings. The second kappa shape index (κ2) is 7.04. The van der Waals surface area contributed by atoms with Crippen LogP contribution in [0.25, 0.3) is 0 Å². The van der Waals surface area contributed by atoms with Crippen LogP contribution in [0.3, 0.4) is 0 Å². The van der Waals surface area contributed by atoms with Gasteiger partial charge in [0.25, 0.3) is 0 Å². The molecule has 2 atom stereocenters. The van der Waals surface area contributed by atoms with Crippen LogP contribution in [0.1, 0.15) is 19.4 Å². The Balaban J connectivity index is 0.00000180. The molecule has 2 rings (SSSR count). The van der Waals surface area contributed by atoms with Crippen molar-refractivity contribution in [2.75, 3.05) is 13.2 Å². The van der Waals surface area contributed by atoms with Crippen molar-refractivity contribution in [3.8, 4) is 0 Å². The number of ether oxygens (including phenoxy) is 1. The lowest BCUT2D eigenvalue weighted by atomic mass is 9.98. The Morgan fingerprint density at radius 3 is 2.47 bits per heavy atom. The molecule has 1 saturated heterocycles. The van der Waals surface area contributed by atoms with Gasteiger partial charge in [-0.1, -0.05) is 28.1 Å². The van der Waals surface area contributed by atoms with E-state index in [1.807, 2.05) is 0 Å². The van der Waals surface area contributed by atoms with Crippen molar-refractivity contribution in [3.63, 3.8) is 0 Å². The van der Waals surface area contributed by atoms with Gasteiger partial charge in [-0.15, -0.1) is 12.4 Å². The van der Waals surface area contributed by atoms with Crippen LogP contribution in [-0.4, -0.2) is 36.0 Å². The van der Waals surface area contributed by atoms with Gasteiger partial charge < -0.3 is 15.2 Å². The fourth-order valence-electron chi connectivity index (χ4n) is 2.11. The van der Waals surface area contributed by atoms with Crippen LogP contribution in [0.2, 0.25) is 0 Å². The second-order valence-electron chi connectivity index (χ2n) is 5.41. The Kier molecular flexibility index (Phi) is 6.27. The molecule has 3 nitrogen and oxygen atoms in total. The predicted octanol–water partition coefficient (Wildman–Crippen LogP) is 2.54. The van der Waals surface area contributed by atoms with E-state index in [-0.39, 0.29) is 18.5 Å². The summed E-state index contributed by atoms with van der Waals surface area (Å²) in [5, 5.41) is 13.3. The van der Waals surface area contributed by atoms with Gasteiger partial charge in [-0.25, -0.2) is 0 Å². The first kappa shape index (κ1) is 16.9. The number of morpholine rings is 1. The van der Waals surface area contributed by atoms with Crippen molar-refractivity contribution >= 4 is 28.3 Å². The molecule has 1 heterocycles. The number of nitrogens with one attached hydrogen (secondary N) is 1. The van der Waals surface area contributed by atoms with Gasteiger partial charge in [-0.05, 0) is 38.0 Å². The molecule has 0 aromatic heterocycles. The van der Waals surface area contributed by atoms with Crippen molar-refractivity contribution in [2.45, 2.75) is 38.0 Å². The zero-order chi connectivity index (χ0) is 13.2. The molecule has 0 unspecified atom stereocenters. The number of aliphatic hydroxyl groups is 1. The summed E-state index contributed by atoms with van der Waals surface area (Å²) < 4.78 is 6.83. The normalized spacial score (nSPS) is 23.8. The molecule has 19 heavy (non-hydrogen) atoms. The van der Waals surface area contributed by atoms with E-state index in [1.54, 1.807) is 13.8 Å². The number of benzene rings is 1. The van der Waals surface area contributed by atoms with Gasteiger partial charge in [0.2, 0.25) is 0 Å². The van der Waals surface area contributed by atoms with Gasteiger partial charge in [0.15, 0.2) is 0 Å². The molecule has 0 spiro atoms. The Morgan fingerprint density at radius 1 is 1.37 bits per heavy atom. The topological polar surface area (TPSA) is 41.5 Å². The van der Waals surface area contributed by atoms with Gasteiger partial charge in [0.1, 0.15) is 0 Å². The number of hydrogen-bond donors (Lipinski definition) is 2. The molecule has 0 saturated carbocycles. The molecule has 1 fully saturated rings. The summed E-state index contributed by atoms with van der Waals surface area (Å²) in [6, 6.07) is 8.67. The minimum absolute atomic E-state index is 0. The standard InChI is InChI=1S/C14H20BrNO2.ClH/c1-14(2,17)13-8-16-12(9-18-13)7-10-3-5-11(15)6-4-10;/h3-6,12-13,16-17H,7-9H2,1-2H3;1H/t12-,13+;/m0./s1. The maximum absolute atomic E-state index is 9.88. The van der Waals surface area contributed by atoms with Crippen molar-refractivity contribution < 1.29 is 9.84 Å². The molecule has 2 N–H and O–H groups in total. The molecular weight excluding hydrogens is 330 g/mol. The molecule has 1 aliphatic rings. The van der Waals surface area contributed by atoms with Crippen LogP contribution < -0.4 is 5.32 Å². The molecule has 5 heteroatoms. The summed E-state index contributed by atoms with van der Waals surface area (Å²) in [4.78, 5) is 0. The summed E-state index contributed by atoms with van der Waals surface area (Å²) in [5.74, 6) is 0. The quantitative estimate of drug-likeness (QED) is 0.880. The van der Waals surface area contributed by atoms with Gasteiger partial charge in [0, 0.05) is 17.1 Å². The van der Waals surface area contributed by atoms with Gasteiger partial charge >= 0.3 is 0 Å². The molecule has 0 bridgehead atoms. The molecule has 1 aliphatic heterocycles. The summed E-state index contributed by atoms with van der Waals surface area (Å²) in [5.41, 5.74) is 0.510. The lowest BCUT2D eigenvalue weighted by Crippen LogP contribution is -2.54. The average Bonchev–Trinajstić information content (AvgIpc) is 2.32. The third-order valence-corrected chi connectivity index (χ3v) is 3.80. The van der Waals surface area contributed by atoms with E-state index < -0.39 is 5.60 Å². The van der Waals surface area contributed by atoms with Crippen molar-refractivity contribution in [3.05, 3.63) is 34.3 Å². The van der Waals surface area contributed by atoms with E-state index in [0.29, 0.717) is 19.2 Å². The van der Waals surface area contributed by atoms with Crippen molar-refractivity contribution in [1.29, 1.82) is 0 Å². The highest BCUT2D eigenvalue weighted by molar-refractivity contribution is 9.10. The van der Waals surface area contributed by atoms with Crippen molar-refractivity contribution in [2.24, 2.45) is 0 Å². The summed E-state index contributed by atoms with van der Waals surface area (Å²) in [6.45, 7) is 4.91. The van der Waals surface area contributed by atoms with Crippen molar-refractivity contribution in [1.82, 2.24) is 5.32 Å². The van der Waals surface area contributed by atoms with E-state index in [9.17, 15) is 5.11 Å². The molecule has 0 aliphatic carbocycles. The highest BCUT2D eigenvalue weighted by Crippen LogP contribution is 2.17. The highest BCUT2D eigenvalue weighted by atomic mass is 79.9. The van der Waals surface area contributed by atoms with Crippen LogP contribution in [0, 0.1) is 0 Å². The monoisotopic (exact) mass is 349 g/mol. The van der Waals surface area contributed by atoms with Gasteiger partial charge in [0.05, 0.1) is 18.3 Å². The second-order valence-corrected chi connectivity index (χ2v) is 6.33. The molecule has 1 aromatic carbocycles. The number of hydrogen-bond acceptors (Lipinski definition) is 3. The largest absolute Gasteiger partial charge is 0.388 e. The van der Waals surface area contributed by atoms with Crippen LogP contribution in [0.15, 0.2) is 28.7 Å². The third-order valence-electron chi connectivity index (χ3n) is 3.27. The number of halogens is 2. The van der Waals surface area contributed by atoms with E-state index in [1.165, 1.54) is 5.56 Å². The highest BCUT2D eigenvalue weighted by Gasteiger charge is 2.31. The predicted molar refractivity (Wildman–Crippen MR) is 82.9 cm³/mol. The maximum atomic E-state index is 9.88. The fraction of sp³-hybridized carbons (Fsp3) is 0.571. The molecular formula is C14H21BrClNO2. The Hall–Kier alpha value is -0.130. The van der Waals surface area contributed by atoms with Crippen LogP contribution >= 0.6 is 28.3 Å². The van der Waals surface area contributed by atoms with E-state index in [0.717, 1.165) is 10.9 Å². The SMILES string of the molecule is CC(C)(O)[C@H]1CN[C@@H](Cc2ccc(Br)cc2)CO1.Cl. The number of rotatable bonds is 3. The van der Waals surface area contributed by atoms with Gasteiger partial charge in [-0.3, -0.25) is 0 Å². The molecule has 0 radical (unpaired) electrons. The van der Waals surface area contributed by atoms with Gasteiger partial charge in [-0.2, -0.15) is 0 Å². The minimum Gasteiger partial charge on any atom is -0.388 e. The minimum atomic E-state index is -0.782. The molecule has 0 amide bonds. The maximum Gasteiger partial charge on any atom is 0.0981 e. The van der Waals surface area contributed by atoms with E-state index in [2.05, 4.69) is 45.5 Å². The Morgan fingerprint density at radius 2 is 2.00 bits per heavy atom. The van der Waals surface area contributed by atoms with Crippen LogP contribution in [-0.2, 0) is 11.2 Å². The Labute approximate surface area is 129 Å². The van der Waals surface area contributed by atoms with E-state index >= 15 is 0 Å². The lowest BCUT2D eigenvalue weighted by Gasteiger charge is -2.36. The smallest absolute Gasteiger partial charge is 0.0981 e. The van der Waals surface area contributed by atoms with Crippen LogP contribution in [0.4, 0.5) is 0 Å². The summed E-state index contributed by atoms with van der Waals surface area (Å²) >= 11 is 3.43. The fourth-order valence-corrected chi connectivity index (χ4v) is 2.38.